The molecule has 2 saturated heterocycles. The van der Waals surface area contributed by atoms with Crippen LogP contribution in [-0.4, -0.2) is 43.8 Å². The second-order valence-corrected chi connectivity index (χ2v) is 13.5. The predicted molar refractivity (Wildman–Crippen MR) is 128 cm³/mol. The van der Waals surface area contributed by atoms with Gasteiger partial charge >= 0.3 is 5.97 Å². The molecule has 0 aromatic rings. The molecule has 6 rings (SSSR count). The van der Waals surface area contributed by atoms with E-state index in [1.807, 2.05) is 0 Å². The van der Waals surface area contributed by atoms with Crippen LogP contribution in [0.3, 0.4) is 0 Å². The number of epoxide rings is 1. The van der Waals surface area contributed by atoms with Gasteiger partial charge in [0, 0.05) is 29.6 Å². The van der Waals surface area contributed by atoms with Crippen LogP contribution in [0.5, 0.6) is 0 Å². The number of fused-ring (bicyclic) bond motifs is 7. The molecule has 5 heteroatoms. The van der Waals surface area contributed by atoms with Gasteiger partial charge in [-0.05, 0) is 67.8 Å². The van der Waals surface area contributed by atoms with Gasteiger partial charge in [-0.25, -0.2) is 0 Å². The quantitative estimate of drug-likeness (QED) is 0.316. The van der Waals surface area contributed by atoms with E-state index in [4.69, 9.17) is 18.9 Å². The zero-order valence-corrected chi connectivity index (χ0v) is 21.8. The molecule has 2 aliphatic heterocycles. The Morgan fingerprint density at radius 2 is 1.82 bits per heavy atom. The van der Waals surface area contributed by atoms with Crippen LogP contribution in [0.15, 0.2) is 11.6 Å². The summed E-state index contributed by atoms with van der Waals surface area (Å²) < 4.78 is 24.8. The zero-order valence-electron chi connectivity index (χ0n) is 21.8. The maximum Gasteiger partial charge on any atom is 0.303 e. The van der Waals surface area contributed by atoms with Crippen molar-refractivity contribution in [1.29, 1.82) is 0 Å². The lowest BCUT2D eigenvalue weighted by Gasteiger charge is -2.59. The molecule has 0 amide bonds. The van der Waals surface area contributed by atoms with E-state index in [9.17, 15) is 4.79 Å². The smallest absolute Gasteiger partial charge is 0.303 e. The molecule has 34 heavy (non-hydrogen) atoms. The number of ether oxygens (including phenoxy) is 4. The standard InChI is InChI=1S/C29H43O5/c1-16(26-31-14-27(3,4)15-32-26)19-8-9-20-24-21(11-12-28(19,20)5)29(6)18(7-10-22-25(29)34-22)13-23(24)33-17(2)30/h10,13,16,19-26H,7-9,11-12,14-15H2,1-6H3/t16?,19-,20+,21+,22+,23-,24+,25+,28-,29+/m1/s1. The van der Waals surface area contributed by atoms with Crippen molar-refractivity contribution in [2.75, 3.05) is 13.2 Å². The fourth-order valence-electron chi connectivity index (χ4n) is 9.20. The van der Waals surface area contributed by atoms with Gasteiger partial charge in [0.25, 0.3) is 0 Å². The summed E-state index contributed by atoms with van der Waals surface area (Å²) in [4.78, 5) is 12.2. The molecule has 4 aliphatic carbocycles. The van der Waals surface area contributed by atoms with Crippen LogP contribution in [0.2, 0.25) is 0 Å². The first-order valence-electron chi connectivity index (χ1n) is 13.6. The Hall–Kier alpha value is -0.910. The third kappa shape index (κ3) is 3.39. The van der Waals surface area contributed by atoms with E-state index in [-0.39, 0.29) is 34.6 Å². The Balaban J connectivity index is 1.30. The number of carbonyl (C=O) groups is 1. The average molecular weight is 472 g/mol. The van der Waals surface area contributed by atoms with Crippen molar-refractivity contribution < 1.29 is 23.7 Å². The van der Waals surface area contributed by atoms with E-state index in [2.05, 4.69) is 47.1 Å². The van der Waals surface area contributed by atoms with Gasteiger partial charge in [0.2, 0.25) is 0 Å². The lowest BCUT2D eigenvalue weighted by atomic mass is 9.46. The van der Waals surface area contributed by atoms with Gasteiger partial charge in [-0.3, -0.25) is 4.79 Å². The molecular weight excluding hydrogens is 428 g/mol. The minimum Gasteiger partial charge on any atom is -0.458 e. The topological polar surface area (TPSA) is 57.3 Å². The molecule has 189 valence electrons. The third-order valence-electron chi connectivity index (χ3n) is 10.9. The van der Waals surface area contributed by atoms with E-state index in [0.717, 1.165) is 19.6 Å². The molecular formula is C29H43O5. The molecule has 0 aromatic carbocycles. The first kappa shape index (κ1) is 23.5. The van der Waals surface area contributed by atoms with E-state index in [0.29, 0.717) is 41.8 Å². The van der Waals surface area contributed by atoms with Crippen LogP contribution in [-0.2, 0) is 23.7 Å². The Morgan fingerprint density at radius 3 is 2.53 bits per heavy atom. The van der Waals surface area contributed by atoms with Gasteiger partial charge in [-0.1, -0.05) is 40.2 Å². The lowest BCUT2D eigenvalue weighted by molar-refractivity contribution is -0.253. The number of esters is 1. The van der Waals surface area contributed by atoms with Crippen molar-refractivity contribution in [1.82, 2.24) is 0 Å². The van der Waals surface area contributed by atoms with E-state index in [1.54, 1.807) is 6.92 Å². The Morgan fingerprint density at radius 1 is 1.09 bits per heavy atom. The van der Waals surface area contributed by atoms with E-state index in [1.165, 1.54) is 31.3 Å². The first-order chi connectivity index (χ1) is 16.0. The van der Waals surface area contributed by atoms with Crippen LogP contribution in [0.4, 0.5) is 0 Å². The van der Waals surface area contributed by atoms with Gasteiger partial charge in [0.15, 0.2) is 6.29 Å². The van der Waals surface area contributed by atoms with Crippen molar-refractivity contribution in [2.24, 2.45) is 45.8 Å². The fourth-order valence-corrected chi connectivity index (χ4v) is 9.20. The predicted octanol–water partition coefficient (Wildman–Crippen LogP) is 5.33. The highest BCUT2D eigenvalue weighted by atomic mass is 16.7. The van der Waals surface area contributed by atoms with Gasteiger partial charge in [0.1, 0.15) is 6.10 Å². The molecule has 5 nitrogen and oxygen atoms in total. The number of hydrogen-bond acceptors (Lipinski definition) is 5. The van der Waals surface area contributed by atoms with Gasteiger partial charge in [-0.2, -0.15) is 0 Å². The Labute approximate surface area is 205 Å². The minimum atomic E-state index is -0.161. The minimum absolute atomic E-state index is 0.0763. The molecule has 0 bridgehead atoms. The molecule has 1 unspecified atom stereocenters. The van der Waals surface area contributed by atoms with Gasteiger partial charge in [0.05, 0.1) is 25.4 Å². The normalized spacial score (nSPS) is 50.2. The number of hydrogen-bond donors (Lipinski definition) is 0. The third-order valence-corrected chi connectivity index (χ3v) is 10.9. The van der Waals surface area contributed by atoms with Crippen LogP contribution >= 0.6 is 0 Å². The molecule has 6 aliphatic rings. The SMILES string of the molecule is CC(=O)O[C@@H]1C=C2C[CH][C@@H]3O[C@@H]3[C@]2(C)[C@H]2CC[C@]3(C)[C@@H](C(C)C4OCC(C)(C)CO4)CC[C@H]3[C@H]12. The zero-order chi connectivity index (χ0) is 24.0. The first-order valence-corrected chi connectivity index (χ1v) is 13.6. The summed E-state index contributed by atoms with van der Waals surface area (Å²) in [5, 5.41) is 0. The Bertz CT molecular complexity index is 870. The summed E-state index contributed by atoms with van der Waals surface area (Å²) in [5.41, 5.74) is 1.82. The van der Waals surface area contributed by atoms with Crippen LogP contribution in [0.25, 0.3) is 0 Å². The number of carbonyl (C=O) groups excluding carboxylic acids is 1. The molecule has 2 heterocycles. The summed E-state index contributed by atoms with van der Waals surface area (Å²) in [6, 6.07) is 0. The summed E-state index contributed by atoms with van der Waals surface area (Å²) in [7, 11) is 0. The summed E-state index contributed by atoms with van der Waals surface area (Å²) >= 11 is 0. The summed E-state index contributed by atoms with van der Waals surface area (Å²) in [5.74, 6) is 2.18. The second kappa shape index (κ2) is 7.79. The van der Waals surface area contributed by atoms with Crippen LogP contribution < -0.4 is 0 Å². The average Bonchev–Trinajstić information content (AvgIpc) is 3.49. The van der Waals surface area contributed by atoms with E-state index < -0.39 is 0 Å². The van der Waals surface area contributed by atoms with Crippen molar-refractivity contribution in [3.05, 3.63) is 18.1 Å². The fraction of sp³-hybridized carbons (Fsp3) is 0.862. The van der Waals surface area contributed by atoms with Crippen LogP contribution in [0, 0.1) is 52.3 Å². The lowest BCUT2D eigenvalue weighted by Crippen LogP contribution is -2.57. The largest absolute Gasteiger partial charge is 0.458 e. The molecule has 3 saturated carbocycles. The molecule has 10 atom stereocenters. The van der Waals surface area contributed by atoms with E-state index >= 15 is 0 Å². The van der Waals surface area contributed by atoms with Gasteiger partial charge < -0.3 is 18.9 Å². The second-order valence-electron chi connectivity index (χ2n) is 13.5. The maximum atomic E-state index is 12.2. The summed E-state index contributed by atoms with van der Waals surface area (Å²) in [6.07, 6.45) is 10.8. The molecule has 0 aromatic heterocycles. The highest BCUT2D eigenvalue weighted by Gasteiger charge is 2.68. The van der Waals surface area contributed by atoms with Gasteiger partial charge in [-0.15, -0.1) is 0 Å². The van der Waals surface area contributed by atoms with Crippen molar-refractivity contribution in [3.8, 4) is 0 Å². The molecule has 0 spiro atoms. The summed E-state index contributed by atoms with van der Waals surface area (Å²) in [6.45, 7) is 14.8. The molecule has 0 N–H and O–H groups in total. The highest BCUT2D eigenvalue weighted by molar-refractivity contribution is 5.66. The molecule has 1 radical (unpaired) electrons. The Kier molecular flexibility index (Phi) is 5.38. The van der Waals surface area contributed by atoms with Crippen molar-refractivity contribution in [3.63, 3.8) is 0 Å². The highest BCUT2D eigenvalue weighted by Crippen LogP contribution is 2.69. The molecule has 5 fully saturated rings. The van der Waals surface area contributed by atoms with Crippen molar-refractivity contribution >= 4 is 5.97 Å². The van der Waals surface area contributed by atoms with Crippen LogP contribution in [0.1, 0.15) is 73.6 Å². The monoisotopic (exact) mass is 471 g/mol. The maximum absolute atomic E-state index is 12.2. The number of rotatable bonds is 3. The van der Waals surface area contributed by atoms with Crippen molar-refractivity contribution in [2.45, 2.75) is 98.2 Å².